The van der Waals surface area contributed by atoms with E-state index in [1.54, 1.807) is 31.5 Å². The van der Waals surface area contributed by atoms with Crippen molar-refractivity contribution in [2.24, 2.45) is 0 Å². The summed E-state index contributed by atoms with van der Waals surface area (Å²) in [6.07, 6.45) is 3.38. The van der Waals surface area contributed by atoms with Gasteiger partial charge in [0.25, 0.3) is 5.56 Å². The third kappa shape index (κ3) is 3.76. The maximum absolute atomic E-state index is 12.7. The molecule has 7 nitrogen and oxygen atoms in total. The Hall–Kier alpha value is -2.54. The highest BCUT2D eigenvalue weighted by molar-refractivity contribution is 5.79. The molecule has 2 aromatic rings. The summed E-state index contributed by atoms with van der Waals surface area (Å²) < 4.78 is 0. The van der Waals surface area contributed by atoms with Crippen molar-refractivity contribution in [1.29, 1.82) is 0 Å². The lowest BCUT2D eigenvalue weighted by atomic mass is 10.1. The Labute approximate surface area is 146 Å². The summed E-state index contributed by atoms with van der Waals surface area (Å²) in [6, 6.07) is 3.72. The number of aromatic nitrogens is 3. The first-order valence-corrected chi connectivity index (χ1v) is 8.44. The van der Waals surface area contributed by atoms with Crippen LogP contribution in [0.2, 0.25) is 0 Å². The molecule has 7 heteroatoms. The fourth-order valence-corrected chi connectivity index (χ4v) is 3.23. The minimum absolute atomic E-state index is 0.0207. The number of hydrogen-bond donors (Lipinski definition) is 1. The van der Waals surface area contributed by atoms with Gasteiger partial charge in [0.1, 0.15) is 5.82 Å². The Morgan fingerprint density at radius 1 is 1.32 bits per heavy atom. The number of nitrogens with one attached hydrogen (secondary N) is 1. The molecule has 1 fully saturated rings. The first kappa shape index (κ1) is 17.3. The van der Waals surface area contributed by atoms with Gasteiger partial charge in [-0.25, -0.2) is 4.98 Å². The molecule has 1 aliphatic heterocycles. The average Bonchev–Trinajstić information content (AvgIpc) is 2.58. The molecule has 1 aliphatic rings. The molecule has 0 radical (unpaired) electrons. The van der Waals surface area contributed by atoms with Gasteiger partial charge in [-0.05, 0) is 33.0 Å². The minimum atomic E-state index is -0.255. The third-order valence-corrected chi connectivity index (χ3v) is 4.65. The van der Waals surface area contributed by atoms with Crippen molar-refractivity contribution in [3.63, 3.8) is 0 Å². The summed E-state index contributed by atoms with van der Waals surface area (Å²) >= 11 is 0. The molecule has 25 heavy (non-hydrogen) atoms. The van der Waals surface area contributed by atoms with Crippen molar-refractivity contribution in [3.8, 4) is 11.4 Å². The molecule has 0 aromatic carbocycles. The number of likely N-dealkylation sites (N-methyl/N-ethyl adjacent to an activating group) is 1. The van der Waals surface area contributed by atoms with Gasteiger partial charge in [-0.15, -0.1) is 0 Å². The summed E-state index contributed by atoms with van der Waals surface area (Å²) in [4.78, 5) is 40.4. The van der Waals surface area contributed by atoms with E-state index in [0.29, 0.717) is 23.6 Å². The van der Waals surface area contributed by atoms with Crippen molar-refractivity contribution in [2.75, 3.05) is 26.7 Å². The van der Waals surface area contributed by atoms with E-state index in [2.05, 4.69) is 26.9 Å². The van der Waals surface area contributed by atoms with Gasteiger partial charge in [0, 0.05) is 54.9 Å². The van der Waals surface area contributed by atoms with Crippen molar-refractivity contribution in [3.05, 3.63) is 46.1 Å². The van der Waals surface area contributed by atoms with Gasteiger partial charge in [-0.1, -0.05) is 0 Å². The van der Waals surface area contributed by atoms with Gasteiger partial charge in [-0.2, -0.15) is 0 Å². The second-order valence-electron chi connectivity index (χ2n) is 6.59. The van der Waals surface area contributed by atoms with Gasteiger partial charge >= 0.3 is 0 Å². The van der Waals surface area contributed by atoms with Crippen LogP contribution in [0.4, 0.5) is 0 Å². The molecule has 0 bridgehead atoms. The van der Waals surface area contributed by atoms with Crippen LogP contribution in [0.5, 0.6) is 0 Å². The van der Waals surface area contributed by atoms with Crippen molar-refractivity contribution in [2.45, 2.75) is 26.3 Å². The summed E-state index contributed by atoms with van der Waals surface area (Å²) in [5.41, 5.74) is 1.56. The normalized spacial score (nSPS) is 18.4. The van der Waals surface area contributed by atoms with Gasteiger partial charge in [0.2, 0.25) is 5.91 Å². The number of hydrogen-bond acceptors (Lipinski definition) is 5. The lowest BCUT2D eigenvalue weighted by Gasteiger charge is -2.38. The van der Waals surface area contributed by atoms with Crippen LogP contribution in [0.25, 0.3) is 11.4 Å². The topological polar surface area (TPSA) is 82.2 Å². The van der Waals surface area contributed by atoms with E-state index in [4.69, 9.17) is 0 Å². The second kappa shape index (κ2) is 7.14. The Morgan fingerprint density at radius 2 is 2.04 bits per heavy atom. The Morgan fingerprint density at radius 3 is 2.68 bits per heavy atom. The molecule has 1 amide bonds. The SMILES string of the molecule is Cc1nc(-c2ccncc2)[nH]c(=O)c1CC(=O)N1CCN(C)C[C@H]1C. The van der Waals surface area contributed by atoms with Crippen LogP contribution in [-0.4, -0.2) is 63.4 Å². The van der Waals surface area contributed by atoms with Crippen LogP contribution in [-0.2, 0) is 11.2 Å². The predicted octanol–water partition coefficient (Wildman–Crippen LogP) is 0.845. The highest BCUT2D eigenvalue weighted by atomic mass is 16.2. The fourth-order valence-electron chi connectivity index (χ4n) is 3.23. The zero-order valence-electron chi connectivity index (χ0n) is 14.8. The van der Waals surface area contributed by atoms with E-state index in [0.717, 1.165) is 18.7 Å². The fraction of sp³-hybridized carbons (Fsp3) is 0.444. The summed E-state index contributed by atoms with van der Waals surface area (Å²) in [5, 5.41) is 0. The van der Waals surface area contributed by atoms with Gasteiger partial charge in [-0.3, -0.25) is 14.6 Å². The molecule has 0 unspecified atom stereocenters. The number of amides is 1. The number of aryl methyl sites for hydroxylation is 1. The Kier molecular flexibility index (Phi) is 4.94. The standard InChI is InChI=1S/C18H23N5O2/c1-12-11-22(3)8-9-23(12)16(24)10-15-13(2)20-17(21-18(15)25)14-4-6-19-7-5-14/h4-7,12H,8-11H2,1-3H3,(H,20,21,25)/t12-/m1/s1. The van der Waals surface area contributed by atoms with E-state index in [1.165, 1.54) is 0 Å². The molecule has 2 aromatic heterocycles. The van der Waals surface area contributed by atoms with Crippen molar-refractivity contribution in [1.82, 2.24) is 24.8 Å². The Bertz CT molecular complexity index is 818. The number of carbonyl (C=O) groups is 1. The molecule has 1 saturated heterocycles. The molecular weight excluding hydrogens is 318 g/mol. The van der Waals surface area contributed by atoms with Gasteiger partial charge < -0.3 is 14.8 Å². The van der Waals surface area contributed by atoms with Crippen LogP contribution in [0, 0.1) is 6.92 Å². The molecule has 3 heterocycles. The number of nitrogens with zero attached hydrogens (tertiary/aromatic N) is 4. The number of piperazine rings is 1. The smallest absolute Gasteiger partial charge is 0.255 e. The largest absolute Gasteiger partial charge is 0.337 e. The third-order valence-electron chi connectivity index (χ3n) is 4.65. The molecule has 0 spiro atoms. The quantitative estimate of drug-likeness (QED) is 0.895. The Balaban J connectivity index is 1.81. The monoisotopic (exact) mass is 341 g/mol. The maximum Gasteiger partial charge on any atom is 0.255 e. The van der Waals surface area contributed by atoms with Crippen molar-refractivity contribution < 1.29 is 4.79 Å². The molecule has 1 N–H and O–H groups in total. The first-order chi connectivity index (χ1) is 12.0. The van der Waals surface area contributed by atoms with Crippen LogP contribution >= 0.6 is 0 Å². The van der Waals surface area contributed by atoms with E-state index < -0.39 is 0 Å². The minimum Gasteiger partial charge on any atom is -0.337 e. The summed E-state index contributed by atoms with van der Waals surface area (Å²) in [5.74, 6) is 0.474. The van der Waals surface area contributed by atoms with Gasteiger partial charge in [0.15, 0.2) is 0 Å². The number of rotatable bonds is 3. The van der Waals surface area contributed by atoms with E-state index in [1.807, 2.05) is 11.8 Å². The molecule has 0 saturated carbocycles. The molecular formula is C18H23N5O2. The summed E-state index contributed by atoms with van der Waals surface area (Å²) in [7, 11) is 2.05. The number of aromatic amines is 1. The van der Waals surface area contributed by atoms with E-state index in [-0.39, 0.29) is 23.9 Å². The average molecular weight is 341 g/mol. The predicted molar refractivity (Wildman–Crippen MR) is 95.2 cm³/mol. The highest BCUT2D eigenvalue weighted by Crippen LogP contribution is 2.15. The number of pyridine rings is 1. The molecule has 0 aliphatic carbocycles. The molecule has 3 rings (SSSR count). The molecule has 132 valence electrons. The molecule has 1 atom stereocenters. The first-order valence-electron chi connectivity index (χ1n) is 8.44. The zero-order valence-corrected chi connectivity index (χ0v) is 14.8. The number of carbonyl (C=O) groups excluding carboxylic acids is 1. The van der Waals surface area contributed by atoms with Crippen LogP contribution < -0.4 is 5.56 Å². The second-order valence-corrected chi connectivity index (χ2v) is 6.59. The van der Waals surface area contributed by atoms with Crippen LogP contribution in [0.3, 0.4) is 0 Å². The lowest BCUT2D eigenvalue weighted by Crippen LogP contribution is -2.53. The van der Waals surface area contributed by atoms with Gasteiger partial charge in [0.05, 0.1) is 6.42 Å². The van der Waals surface area contributed by atoms with Crippen molar-refractivity contribution >= 4 is 5.91 Å². The maximum atomic E-state index is 12.7. The lowest BCUT2D eigenvalue weighted by molar-refractivity contribution is -0.134. The van der Waals surface area contributed by atoms with E-state index >= 15 is 0 Å². The van der Waals surface area contributed by atoms with E-state index in [9.17, 15) is 9.59 Å². The zero-order chi connectivity index (χ0) is 18.0. The summed E-state index contributed by atoms with van der Waals surface area (Å²) in [6.45, 7) is 6.20. The van der Waals surface area contributed by atoms with Crippen LogP contribution in [0.1, 0.15) is 18.2 Å². The highest BCUT2D eigenvalue weighted by Gasteiger charge is 2.26. The number of H-pyrrole nitrogens is 1. The van der Waals surface area contributed by atoms with Crippen LogP contribution in [0.15, 0.2) is 29.3 Å².